The Labute approximate surface area is 285 Å². The van der Waals surface area contributed by atoms with E-state index in [1.165, 1.54) is 5.56 Å². The molecule has 234 valence electrons. The van der Waals surface area contributed by atoms with Gasteiger partial charge in [-0.15, -0.1) is 0 Å². The number of hydrogen-bond donors (Lipinski definition) is 0. The molecule has 0 atom stereocenters. The number of furan rings is 2. The summed E-state index contributed by atoms with van der Waals surface area (Å²) in [5.74, 6) is 0.573. The van der Waals surface area contributed by atoms with Crippen LogP contribution in [0.25, 0.3) is 88.3 Å². The molecule has 0 aliphatic heterocycles. The summed E-state index contributed by atoms with van der Waals surface area (Å²) >= 11 is 0. The molecule has 5 heteroatoms. The minimum absolute atomic E-state index is 0.573. The van der Waals surface area contributed by atoms with E-state index in [1.807, 2.05) is 42.5 Å². The first-order valence-corrected chi connectivity index (χ1v) is 16.7. The zero-order valence-electron chi connectivity index (χ0n) is 26.6. The van der Waals surface area contributed by atoms with Crippen molar-refractivity contribution in [1.29, 1.82) is 0 Å². The van der Waals surface area contributed by atoms with Crippen LogP contribution >= 0.6 is 0 Å². The molecule has 5 nitrogen and oxygen atoms in total. The maximum atomic E-state index is 6.66. The van der Waals surface area contributed by atoms with Crippen LogP contribution in [-0.4, -0.2) is 4.98 Å². The third kappa shape index (κ3) is 3.98. The third-order valence-corrected chi connectivity index (χ3v) is 9.85. The van der Waals surface area contributed by atoms with Gasteiger partial charge in [-0.2, -0.15) is 0 Å². The number of nitrogens with zero attached hydrogens (tertiary/aromatic N) is 2. The number of aromatic nitrogens is 1. The van der Waals surface area contributed by atoms with E-state index in [4.69, 9.17) is 18.2 Å². The van der Waals surface area contributed by atoms with Gasteiger partial charge in [-0.25, -0.2) is 4.98 Å². The minimum atomic E-state index is 0.573. The highest BCUT2D eigenvalue weighted by Gasteiger charge is 2.22. The van der Waals surface area contributed by atoms with Crippen molar-refractivity contribution < 1.29 is 13.3 Å². The Kier molecular flexibility index (Phi) is 5.60. The van der Waals surface area contributed by atoms with E-state index in [1.54, 1.807) is 0 Å². The van der Waals surface area contributed by atoms with Crippen LogP contribution in [-0.2, 0) is 0 Å². The maximum absolute atomic E-state index is 6.66. The Morgan fingerprint density at radius 2 is 0.980 bits per heavy atom. The van der Waals surface area contributed by atoms with E-state index in [-0.39, 0.29) is 0 Å². The Balaban J connectivity index is 1.09. The summed E-state index contributed by atoms with van der Waals surface area (Å²) in [7, 11) is 0. The lowest BCUT2D eigenvalue weighted by atomic mass is 10.0. The van der Waals surface area contributed by atoms with E-state index in [0.29, 0.717) is 5.89 Å². The van der Waals surface area contributed by atoms with Crippen LogP contribution in [0.2, 0.25) is 0 Å². The average Bonchev–Trinajstić information content (AvgIpc) is 3.90. The predicted molar refractivity (Wildman–Crippen MR) is 203 cm³/mol. The molecule has 0 bridgehead atoms. The van der Waals surface area contributed by atoms with Crippen LogP contribution in [0.1, 0.15) is 0 Å². The SMILES string of the molecule is c1ccc(-c2ccc(N(c3cccc(-c4nc5c6cccc7oc8cccc(c5o4)c8c76)c3)c3ccc4oc5ccccc5c4c3)cc2)cc1. The highest BCUT2D eigenvalue weighted by Crippen LogP contribution is 2.44. The van der Waals surface area contributed by atoms with Gasteiger partial charge >= 0.3 is 0 Å². The van der Waals surface area contributed by atoms with E-state index in [2.05, 4.69) is 120 Å². The van der Waals surface area contributed by atoms with Crippen LogP contribution < -0.4 is 4.90 Å². The summed E-state index contributed by atoms with van der Waals surface area (Å²) in [4.78, 5) is 7.41. The van der Waals surface area contributed by atoms with Crippen molar-refractivity contribution in [2.24, 2.45) is 0 Å². The maximum Gasteiger partial charge on any atom is 0.227 e. The van der Waals surface area contributed by atoms with Crippen molar-refractivity contribution in [2.75, 3.05) is 4.90 Å². The molecule has 0 fully saturated rings. The molecule has 3 heterocycles. The Hall–Kier alpha value is -6.85. The summed E-state index contributed by atoms with van der Waals surface area (Å²) in [6.07, 6.45) is 0. The fourth-order valence-electron chi connectivity index (χ4n) is 7.57. The first-order chi connectivity index (χ1) is 24.8. The monoisotopic (exact) mass is 642 g/mol. The van der Waals surface area contributed by atoms with Crippen molar-refractivity contribution in [3.8, 4) is 22.6 Å². The Bertz CT molecular complexity index is 2960. The van der Waals surface area contributed by atoms with Gasteiger partial charge in [0.2, 0.25) is 5.89 Å². The first kappa shape index (κ1) is 27.1. The number of rotatable bonds is 5. The van der Waals surface area contributed by atoms with Gasteiger partial charge in [0.1, 0.15) is 27.8 Å². The summed E-state index contributed by atoms with van der Waals surface area (Å²) in [6, 6.07) is 54.4. The number of oxazole rings is 1. The third-order valence-electron chi connectivity index (χ3n) is 9.85. The summed E-state index contributed by atoms with van der Waals surface area (Å²) < 4.78 is 19.0. The van der Waals surface area contributed by atoms with Gasteiger partial charge in [-0.05, 0) is 77.9 Å². The molecular formula is C45H26N2O3. The summed E-state index contributed by atoms with van der Waals surface area (Å²) in [6.45, 7) is 0. The molecule has 0 amide bonds. The Morgan fingerprint density at radius 1 is 0.380 bits per heavy atom. The molecule has 50 heavy (non-hydrogen) atoms. The smallest absolute Gasteiger partial charge is 0.227 e. The number of anilines is 3. The number of hydrogen-bond acceptors (Lipinski definition) is 5. The molecule has 3 aromatic heterocycles. The number of para-hydroxylation sites is 1. The second kappa shape index (κ2) is 10.3. The van der Waals surface area contributed by atoms with Gasteiger partial charge in [0, 0.05) is 54.9 Å². The lowest BCUT2D eigenvalue weighted by Gasteiger charge is -2.26. The molecule has 0 N–H and O–H groups in total. The lowest BCUT2D eigenvalue weighted by Crippen LogP contribution is -2.10. The van der Waals surface area contributed by atoms with Gasteiger partial charge in [-0.1, -0.05) is 91.0 Å². The molecule has 0 unspecified atom stereocenters. The molecule has 0 saturated heterocycles. The van der Waals surface area contributed by atoms with E-state index >= 15 is 0 Å². The fourth-order valence-corrected chi connectivity index (χ4v) is 7.57. The van der Waals surface area contributed by atoms with E-state index in [0.717, 1.165) is 93.9 Å². The minimum Gasteiger partial charge on any atom is -0.456 e. The molecule has 11 rings (SSSR count). The van der Waals surface area contributed by atoms with E-state index in [9.17, 15) is 0 Å². The molecule has 0 aliphatic carbocycles. The molecular weight excluding hydrogens is 617 g/mol. The first-order valence-electron chi connectivity index (χ1n) is 16.7. The molecule has 0 saturated carbocycles. The number of fused-ring (bicyclic) bond motifs is 6. The van der Waals surface area contributed by atoms with Gasteiger partial charge in [0.25, 0.3) is 0 Å². The second-order valence-electron chi connectivity index (χ2n) is 12.7. The zero-order chi connectivity index (χ0) is 32.8. The molecule has 11 aromatic rings. The van der Waals surface area contributed by atoms with Crippen LogP contribution in [0.3, 0.4) is 0 Å². The van der Waals surface area contributed by atoms with Crippen molar-refractivity contribution in [3.63, 3.8) is 0 Å². The second-order valence-corrected chi connectivity index (χ2v) is 12.7. The van der Waals surface area contributed by atoms with Crippen LogP contribution in [0.5, 0.6) is 0 Å². The Morgan fingerprint density at radius 3 is 1.84 bits per heavy atom. The van der Waals surface area contributed by atoms with Crippen molar-refractivity contribution >= 4 is 82.8 Å². The normalized spacial score (nSPS) is 12.0. The van der Waals surface area contributed by atoms with Gasteiger partial charge < -0.3 is 18.2 Å². The number of benzene rings is 8. The zero-order valence-corrected chi connectivity index (χ0v) is 26.6. The molecule has 8 aromatic carbocycles. The molecule has 0 aliphatic rings. The van der Waals surface area contributed by atoms with Gasteiger partial charge in [-0.3, -0.25) is 0 Å². The highest BCUT2D eigenvalue weighted by molar-refractivity contribution is 6.31. The average molecular weight is 643 g/mol. The standard InChI is InChI=1S/C45H26N2O3/c1-2-9-27(10-3-1)28-19-21-30(22-20-28)47(32-23-24-38-36(26-32)33-13-4-5-16-37(33)48-38)31-12-6-11-29(25-31)45-46-43-34-14-7-17-39-41(34)42-35(44(43)50-45)15-8-18-40(42)49-39/h1-26H. The topological polar surface area (TPSA) is 55.6 Å². The fraction of sp³-hybridized carbons (Fsp3) is 0. The largest absolute Gasteiger partial charge is 0.456 e. The molecule has 0 spiro atoms. The predicted octanol–water partition coefficient (Wildman–Crippen LogP) is 13.0. The van der Waals surface area contributed by atoms with Gasteiger partial charge in [0.05, 0.1) is 0 Å². The van der Waals surface area contributed by atoms with Crippen molar-refractivity contribution in [2.45, 2.75) is 0 Å². The summed E-state index contributed by atoms with van der Waals surface area (Å²) in [5.41, 5.74) is 11.3. The summed E-state index contributed by atoms with van der Waals surface area (Å²) in [5, 5.41) is 6.36. The van der Waals surface area contributed by atoms with Crippen LogP contribution in [0, 0.1) is 0 Å². The highest BCUT2D eigenvalue weighted by atomic mass is 16.4. The quantitative estimate of drug-likeness (QED) is 0.175. The van der Waals surface area contributed by atoms with Crippen LogP contribution in [0.15, 0.2) is 171 Å². The van der Waals surface area contributed by atoms with Crippen molar-refractivity contribution in [3.05, 3.63) is 158 Å². The van der Waals surface area contributed by atoms with Crippen LogP contribution in [0.4, 0.5) is 17.1 Å². The lowest BCUT2D eigenvalue weighted by molar-refractivity contribution is 0.623. The molecule has 0 radical (unpaired) electrons. The van der Waals surface area contributed by atoms with Gasteiger partial charge in [0.15, 0.2) is 5.58 Å². The van der Waals surface area contributed by atoms with Crippen molar-refractivity contribution in [1.82, 2.24) is 4.98 Å². The van der Waals surface area contributed by atoms with E-state index < -0.39 is 0 Å².